The SMILES string of the molecule is CCCN1C=CC(C)C(C)(C)C(C)(C)N1C. The standard InChI is InChI=1S/C14H28N2/c1-8-10-16-11-9-12(2)13(3,4)14(5,6)15(16)7/h9,11-12H,8,10H2,1-7H3. The van der Waals surface area contributed by atoms with Crippen LogP contribution in [0.2, 0.25) is 0 Å². The average Bonchev–Trinajstić information content (AvgIpc) is 2.25. The van der Waals surface area contributed by atoms with E-state index in [9.17, 15) is 0 Å². The van der Waals surface area contributed by atoms with Gasteiger partial charge in [-0.3, -0.25) is 0 Å². The van der Waals surface area contributed by atoms with Crippen LogP contribution in [0.15, 0.2) is 12.3 Å². The highest BCUT2D eigenvalue weighted by Gasteiger charge is 2.45. The molecule has 1 aliphatic heterocycles. The van der Waals surface area contributed by atoms with Crippen molar-refractivity contribution in [3.63, 3.8) is 0 Å². The van der Waals surface area contributed by atoms with Gasteiger partial charge in [0.1, 0.15) is 0 Å². The minimum absolute atomic E-state index is 0.158. The van der Waals surface area contributed by atoms with Gasteiger partial charge in [0.15, 0.2) is 0 Å². The van der Waals surface area contributed by atoms with E-state index in [1.165, 1.54) is 6.42 Å². The molecule has 0 radical (unpaired) electrons. The maximum Gasteiger partial charge on any atom is 0.0400 e. The normalized spacial score (nSPS) is 29.2. The summed E-state index contributed by atoms with van der Waals surface area (Å²) in [4.78, 5) is 0. The van der Waals surface area contributed by atoms with Gasteiger partial charge in [-0.25, -0.2) is 5.01 Å². The molecule has 1 rings (SSSR count). The van der Waals surface area contributed by atoms with E-state index in [-0.39, 0.29) is 11.0 Å². The number of allylic oxidation sites excluding steroid dienone is 1. The van der Waals surface area contributed by atoms with E-state index in [1.807, 2.05) is 0 Å². The first-order valence-corrected chi connectivity index (χ1v) is 6.44. The number of hydrogen-bond acceptors (Lipinski definition) is 2. The highest BCUT2D eigenvalue weighted by atomic mass is 15.6. The third-order valence-corrected chi connectivity index (χ3v) is 4.91. The third kappa shape index (κ3) is 2.00. The molecule has 0 fully saturated rings. The first-order chi connectivity index (χ1) is 7.25. The van der Waals surface area contributed by atoms with Crippen molar-refractivity contribution in [2.75, 3.05) is 13.6 Å². The molecule has 1 unspecified atom stereocenters. The Kier molecular flexibility index (Phi) is 3.73. The number of hydrogen-bond donors (Lipinski definition) is 0. The fraction of sp³-hybridized carbons (Fsp3) is 0.857. The zero-order valence-corrected chi connectivity index (χ0v) is 12.0. The Morgan fingerprint density at radius 1 is 1.19 bits per heavy atom. The molecule has 0 aromatic carbocycles. The smallest absolute Gasteiger partial charge is 0.0400 e. The summed E-state index contributed by atoms with van der Waals surface area (Å²) >= 11 is 0. The zero-order valence-electron chi connectivity index (χ0n) is 12.0. The van der Waals surface area contributed by atoms with Gasteiger partial charge >= 0.3 is 0 Å². The maximum atomic E-state index is 2.40. The molecule has 0 bridgehead atoms. The molecule has 0 spiro atoms. The molecular formula is C14H28N2. The summed E-state index contributed by atoms with van der Waals surface area (Å²) in [6, 6.07) is 0. The lowest BCUT2D eigenvalue weighted by atomic mass is 9.66. The molecule has 0 aromatic heterocycles. The lowest BCUT2D eigenvalue weighted by Crippen LogP contribution is -2.57. The summed E-state index contributed by atoms with van der Waals surface area (Å²) in [5.41, 5.74) is 0.422. The Morgan fingerprint density at radius 3 is 2.25 bits per heavy atom. The van der Waals surface area contributed by atoms with Crippen molar-refractivity contribution in [3.05, 3.63) is 12.3 Å². The van der Waals surface area contributed by atoms with Gasteiger partial charge in [0, 0.05) is 25.3 Å². The van der Waals surface area contributed by atoms with E-state index in [0.717, 1.165) is 6.54 Å². The molecule has 94 valence electrons. The summed E-state index contributed by atoms with van der Waals surface area (Å²) in [6.07, 6.45) is 5.78. The van der Waals surface area contributed by atoms with E-state index in [4.69, 9.17) is 0 Å². The Balaban J connectivity index is 3.07. The van der Waals surface area contributed by atoms with Crippen molar-refractivity contribution >= 4 is 0 Å². The largest absolute Gasteiger partial charge is 0.313 e. The zero-order chi connectivity index (χ0) is 12.6. The van der Waals surface area contributed by atoms with Gasteiger partial charge in [0.2, 0.25) is 0 Å². The van der Waals surface area contributed by atoms with Crippen molar-refractivity contribution in [3.8, 4) is 0 Å². The summed E-state index contributed by atoms with van der Waals surface area (Å²) in [5, 5.41) is 4.75. The van der Waals surface area contributed by atoms with Crippen LogP contribution in [-0.4, -0.2) is 29.1 Å². The third-order valence-electron chi connectivity index (χ3n) is 4.91. The van der Waals surface area contributed by atoms with Crippen LogP contribution >= 0.6 is 0 Å². The van der Waals surface area contributed by atoms with Gasteiger partial charge in [-0.2, -0.15) is 0 Å². The fourth-order valence-electron chi connectivity index (χ4n) is 2.32. The Labute approximate surface area is 101 Å². The molecule has 2 nitrogen and oxygen atoms in total. The minimum Gasteiger partial charge on any atom is -0.313 e. The average molecular weight is 224 g/mol. The minimum atomic E-state index is 0.158. The molecule has 0 aliphatic carbocycles. The van der Waals surface area contributed by atoms with Crippen LogP contribution in [0.3, 0.4) is 0 Å². The van der Waals surface area contributed by atoms with E-state index < -0.39 is 0 Å². The van der Waals surface area contributed by atoms with Crippen LogP contribution in [0.1, 0.15) is 48.0 Å². The molecule has 0 saturated carbocycles. The van der Waals surface area contributed by atoms with Crippen molar-refractivity contribution in [1.82, 2.24) is 10.0 Å². The molecule has 1 heterocycles. The highest BCUT2D eigenvalue weighted by molar-refractivity contribution is 5.06. The molecule has 2 heteroatoms. The van der Waals surface area contributed by atoms with E-state index in [1.54, 1.807) is 0 Å². The van der Waals surface area contributed by atoms with Crippen molar-refractivity contribution < 1.29 is 0 Å². The second-order valence-electron chi connectivity index (χ2n) is 6.10. The Hall–Kier alpha value is -0.500. The molecule has 16 heavy (non-hydrogen) atoms. The van der Waals surface area contributed by atoms with E-state index >= 15 is 0 Å². The highest BCUT2D eigenvalue weighted by Crippen LogP contribution is 2.44. The van der Waals surface area contributed by atoms with Crippen LogP contribution in [0, 0.1) is 11.3 Å². The van der Waals surface area contributed by atoms with Crippen LogP contribution < -0.4 is 0 Å². The van der Waals surface area contributed by atoms with Gasteiger partial charge in [-0.15, -0.1) is 0 Å². The number of hydrazine groups is 1. The predicted octanol–water partition coefficient (Wildman–Crippen LogP) is 3.51. The van der Waals surface area contributed by atoms with Crippen molar-refractivity contribution in [2.24, 2.45) is 11.3 Å². The Morgan fingerprint density at radius 2 is 1.75 bits per heavy atom. The van der Waals surface area contributed by atoms with Gasteiger partial charge in [0.05, 0.1) is 0 Å². The number of nitrogens with zero attached hydrogens (tertiary/aromatic N) is 2. The van der Waals surface area contributed by atoms with Gasteiger partial charge in [0.25, 0.3) is 0 Å². The van der Waals surface area contributed by atoms with E-state index in [2.05, 4.69) is 70.9 Å². The summed E-state index contributed by atoms with van der Waals surface area (Å²) < 4.78 is 0. The second kappa shape index (κ2) is 4.40. The van der Waals surface area contributed by atoms with E-state index in [0.29, 0.717) is 5.92 Å². The van der Waals surface area contributed by atoms with Crippen LogP contribution in [-0.2, 0) is 0 Å². The van der Waals surface area contributed by atoms with Crippen LogP contribution in [0.25, 0.3) is 0 Å². The van der Waals surface area contributed by atoms with Gasteiger partial charge in [-0.1, -0.05) is 33.8 Å². The van der Waals surface area contributed by atoms with Crippen LogP contribution in [0.4, 0.5) is 0 Å². The van der Waals surface area contributed by atoms with Gasteiger partial charge < -0.3 is 5.01 Å². The second-order valence-corrected chi connectivity index (χ2v) is 6.10. The molecule has 1 aliphatic rings. The molecule has 0 N–H and O–H groups in total. The maximum absolute atomic E-state index is 2.40. The summed E-state index contributed by atoms with van der Waals surface area (Å²) in [7, 11) is 2.21. The fourth-order valence-corrected chi connectivity index (χ4v) is 2.32. The first-order valence-electron chi connectivity index (χ1n) is 6.44. The summed E-state index contributed by atoms with van der Waals surface area (Å²) in [6.45, 7) is 15.1. The summed E-state index contributed by atoms with van der Waals surface area (Å²) in [5.74, 6) is 0.590. The molecule has 0 aromatic rings. The van der Waals surface area contributed by atoms with Crippen molar-refractivity contribution in [2.45, 2.75) is 53.5 Å². The predicted molar refractivity (Wildman–Crippen MR) is 70.9 cm³/mol. The van der Waals surface area contributed by atoms with Crippen LogP contribution in [0.5, 0.6) is 0 Å². The lowest BCUT2D eigenvalue weighted by molar-refractivity contribution is -0.0965. The molecule has 1 atom stereocenters. The monoisotopic (exact) mass is 224 g/mol. The Bertz CT molecular complexity index is 266. The van der Waals surface area contributed by atoms with Crippen molar-refractivity contribution in [1.29, 1.82) is 0 Å². The quantitative estimate of drug-likeness (QED) is 0.708. The molecule has 0 saturated heterocycles. The lowest BCUT2D eigenvalue weighted by Gasteiger charge is -2.51. The number of rotatable bonds is 2. The topological polar surface area (TPSA) is 6.48 Å². The first kappa shape index (κ1) is 13.6. The molecule has 0 amide bonds. The molecular weight excluding hydrogens is 196 g/mol. The van der Waals surface area contributed by atoms with Gasteiger partial charge in [-0.05, 0) is 31.6 Å².